The van der Waals surface area contributed by atoms with E-state index in [2.05, 4.69) is 4.98 Å². The van der Waals surface area contributed by atoms with E-state index in [1.54, 1.807) is 36.4 Å². The molecule has 0 aliphatic heterocycles. The van der Waals surface area contributed by atoms with Gasteiger partial charge in [-0.05, 0) is 36.2 Å². The van der Waals surface area contributed by atoms with Crippen LogP contribution < -0.4 is 4.74 Å². The molecule has 0 aliphatic carbocycles. The molecule has 136 valence electrons. The number of pyridine rings is 1. The Kier molecular flexibility index (Phi) is 7.30. The zero-order valence-electron chi connectivity index (χ0n) is 14.5. The van der Waals surface area contributed by atoms with Crippen LogP contribution in [0.3, 0.4) is 0 Å². The number of hydrogen-bond acceptors (Lipinski definition) is 6. The quantitative estimate of drug-likeness (QED) is 0.293. The summed E-state index contributed by atoms with van der Waals surface area (Å²) in [5.41, 5.74) is 1.72. The molecule has 7 heteroatoms. The van der Waals surface area contributed by atoms with Crippen molar-refractivity contribution in [3.63, 3.8) is 0 Å². The molecule has 26 heavy (non-hydrogen) atoms. The summed E-state index contributed by atoms with van der Waals surface area (Å²) < 4.78 is 10.8. The van der Waals surface area contributed by atoms with Crippen LogP contribution in [-0.2, 0) is 11.3 Å². The maximum atomic E-state index is 11.8. The minimum absolute atomic E-state index is 0.216. The van der Waals surface area contributed by atoms with E-state index in [1.807, 2.05) is 6.92 Å². The standard InChI is InChI=1S/C19H20N2O5/c1-2-3-11-25-19(22)16-7-8-17(20-13-16)14-26-18-6-4-5-15(12-18)9-10-21(23)24/h4-10,12-13H,2-3,11,14H2,1H3/b10-9+. The van der Waals surface area contributed by atoms with Gasteiger partial charge in [0, 0.05) is 12.3 Å². The Bertz CT molecular complexity index is 772. The third kappa shape index (κ3) is 6.35. The van der Waals surface area contributed by atoms with E-state index in [0.29, 0.717) is 29.2 Å². The molecule has 0 unspecified atom stereocenters. The summed E-state index contributed by atoms with van der Waals surface area (Å²) in [4.78, 5) is 25.8. The first-order valence-corrected chi connectivity index (χ1v) is 8.25. The zero-order chi connectivity index (χ0) is 18.8. The molecule has 0 fully saturated rings. The summed E-state index contributed by atoms with van der Waals surface area (Å²) in [5.74, 6) is 0.184. The van der Waals surface area contributed by atoms with Crippen molar-refractivity contribution in [2.75, 3.05) is 6.61 Å². The van der Waals surface area contributed by atoms with Gasteiger partial charge in [-0.1, -0.05) is 25.5 Å². The summed E-state index contributed by atoms with van der Waals surface area (Å²) in [7, 11) is 0. The fourth-order valence-electron chi connectivity index (χ4n) is 2.04. The number of unbranched alkanes of at least 4 members (excludes halogenated alkanes) is 1. The molecule has 0 atom stereocenters. The van der Waals surface area contributed by atoms with Gasteiger partial charge in [0.05, 0.1) is 22.8 Å². The third-order valence-corrected chi connectivity index (χ3v) is 3.42. The van der Waals surface area contributed by atoms with Crippen molar-refractivity contribution in [2.24, 2.45) is 0 Å². The number of benzene rings is 1. The predicted octanol–water partition coefficient (Wildman–Crippen LogP) is 3.86. The van der Waals surface area contributed by atoms with Crippen molar-refractivity contribution in [1.82, 2.24) is 4.98 Å². The molecule has 1 aromatic carbocycles. The SMILES string of the molecule is CCCCOC(=O)c1ccc(COc2cccc(/C=C/[N+](=O)[O-])c2)nc1. The van der Waals surface area contributed by atoms with E-state index in [0.717, 1.165) is 19.0 Å². The number of carbonyl (C=O) groups excluding carboxylic acids is 1. The smallest absolute Gasteiger partial charge is 0.339 e. The van der Waals surface area contributed by atoms with Gasteiger partial charge >= 0.3 is 5.97 Å². The maximum Gasteiger partial charge on any atom is 0.339 e. The van der Waals surface area contributed by atoms with E-state index in [9.17, 15) is 14.9 Å². The van der Waals surface area contributed by atoms with Gasteiger partial charge in [-0.3, -0.25) is 15.1 Å². The van der Waals surface area contributed by atoms with Gasteiger partial charge in [-0.2, -0.15) is 0 Å². The Morgan fingerprint density at radius 2 is 2.15 bits per heavy atom. The Morgan fingerprint density at radius 3 is 2.85 bits per heavy atom. The summed E-state index contributed by atoms with van der Waals surface area (Å²) >= 11 is 0. The predicted molar refractivity (Wildman–Crippen MR) is 96.2 cm³/mol. The molecule has 2 aromatic rings. The molecule has 2 rings (SSSR count). The van der Waals surface area contributed by atoms with Crippen molar-refractivity contribution in [1.29, 1.82) is 0 Å². The van der Waals surface area contributed by atoms with Crippen LogP contribution in [-0.4, -0.2) is 22.5 Å². The van der Waals surface area contributed by atoms with Gasteiger partial charge in [-0.25, -0.2) is 4.79 Å². The largest absolute Gasteiger partial charge is 0.487 e. The molecule has 0 N–H and O–H groups in total. The molecule has 1 aromatic heterocycles. The van der Waals surface area contributed by atoms with Crippen LogP contribution in [0.5, 0.6) is 5.75 Å². The Morgan fingerprint density at radius 1 is 1.31 bits per heavy atom. The Labute approximate surface area is 151 Å². The van der Waals surface area contributed by atoms with Gasteiger partial charge in [0.1, 0.15) is 12.4 Å². The number of hydrogen-bond donors (Lipinski definition) is 0. The highest BCUT2D eigenvalue weighted by atomic mass is 16.6. The van der Waals surface area contributed by atoms with Crippen LogP contribution in [0.2, 0.25) is 0 Å². The second-order valence-electron chi connectivity index (χ2n) is 5.49. The summed E-state index contributed by atoms with van der Waals surface area (Å²) in [5, 5.41) is 10.4. The fourth-order valence-corrected chi connectivity index (χ4v) is 2.04. The second kappa shape index (κ2) is 9.93. The van der Waals surface area contributed by atoms with E-state index in [-0.39, 0.29) is 12.6 Å². The van der Waals surface area contributed by atoms with Crippen molar-refractivity contribution >= 4 is 12.0 Å². The molecular formula is C19H20N2O5. The minimum Gasteiger partial charge on any atom is -0.487 e. The Hall–Kier alpha value is -3.22. The molecule has 7 nitrogen and oxygen atoms in total. The highest BCUT2D eigenvalue weighted by Gasteiger charge is 2.07. The average Bonchev–Trinajstić information content (AvgIpc) is 2.65. The number of rotatable bonds is 9. The molecule has 1 heterocycles. The highest BCUT2D eigenvalue weighted by molar-refractivity contribution is 5.88. The molecule has 0 spiro atoms. The number of nitrogens with zero attached hydrogens (tertiary/aromatic N) is 2. The maximum absolute atomic E-state index is 11.8. The molecule has 0 amide bonds. The van der Waals surface area contributed by atoms with Crippen LogP contribution in [0.1, 0.15) is 41.4 Å². The van der Waals surface area contributed by atoms with Gasteiger partial charge < -0.3 is 9.47 Å². The van der Waals surface area contributed by atoms with Crippen LogP contribution in [0.15, 0.2) is 48.8 Å². The molecule has 0 radical (unpaired) electrons. The normalized spacial score (nSPS) is 10.7. The van der Waals surface area contributed by atoms with Gasteiger partial charge in [-0.15, -0.1) is 0 Å². The fraction of sp³-hybridized carbons (Fsp3) is 0.263. The van der Waals surface area contributed by atoms with Crippen molar-refractivity contribution in [3.05, 3.63) is 75.7 Å². The summed E-state index contributed by atoms with van der Waals surface area (Å²) in [6.07, 6.45) is 5.53. The number of ether oxygens (including phenoxy) is 2. The lowest BCUT2D eigenvalue weighted by Gasteiger charge is -2.07. The highest BCUT2D eigenvalue weighted by Crippen LogP contribution is 2.16. The molecular weight excluding hydrogens is 336 g/mol. The van der Waals surface area contributed by atoms with E-state index < -0.39 is 4.92 Å². The number of aromatic nitrogens is 1. The van der Waals surface area contributed by atoms with Gasteiger partial charge in [0.2, 0.25) is 6.20 Å². The van der Waals surface area contributed by atoms with Crippen molar-refractivity contribution < 1.29 is 19.2 Å². The summed E-state index contributed by atoms with van der Waals surface area (Å²) in [6.45, 7) is 2.65. The van der Waals surface area contributed by atoms with E-state index >= 15 is 0 Å². The first-order valence-electron chi connectivity index (χ1n) is 8.25. The van der Waals surface area contributed by atoms with Crippen LogP contribution in [0, 0.1) is 10.1 Å². The van der Waals surface area contributed by atoms with E-state index in [4.69, 9.17) is 9.47 Å². The zero-order valence-corrected chi connectivity index (χ0v) is 14.5. The number of carbonyl (C=O) groups is 1. The lowest BCUT2D eigenvalue weighted by Crippen LogP contribution is -2.07. The topological polar surface area (TPSA) is 91.6 Å². The van der Waals surface area contributed by atoms with Crippen molar-refractivity contribution in [3.8, 4) is 5.75 Å². The number of esters is 1. The molecule has 0 saturated heterocycles. The first kappa shape index (κ1) is 19.1. The Balaban J connectivity index is 1.90. The summed E-state index contributed by atoms with van der Waals surface area (Å²) in [6, 6.07) is 10.3. The average molecular weight is 356 g/mol. The van der Waals surface area contributed by atoms with Crippen molar-refractivity contribution in [2.45, 2.75) is 26.4 Å². The van der Waals surface area contributed by atoms with E-state index in [1.165, 1.54) is 12.3 Å². The van der Waals surface area contributed by atoms with Gasteiger partial charge in [0.25, 0.3) is 0 Å². The van der Waals surface area contributed by atoms with Crippen LogP contribution in [0.25, 0.3) is 6.08 Å². The first-order chi connectivity index (χ1) is 12.6. The molecule has 0 saturated carbocycles. The van der Waals surface area contributed by atoms with Gasteiger partial charge in [0.15, 0.2) is 0 Å². The lowest BCUT2D eigenvalue weighted by molar-refractivity contribution is -0.400. The van der Waals surface area contributed by atoms with Crippen LogP contribution in [0.4, 0.5) is 0 Å². The second-order valence-corrected chi connectivity index (χ2v) is 5.49. The number of nitro groups is 1. The minimum atomic E-state index is -0.522. The third-order valence-electron chi connectivity index (χ3n) is 3.42. The van der Waals surface area contributed by atoms with Crippen LogP contribution >= 0.6 is 0 Å². The molecule has 0 bridgehead atoms. The monoisotopic (exact) mass is 356 g/mol. The molecule has 0 aliphatic rings. The lowest BCUT2D eigenvalue weighted by atomic mass is 10.2.